The van der Waals surface area contributed by atoms with Crippen LogP contribution in [-0.2, 0) is 14.3 Å². The first kappa shape index (κ1) is 26.0. The molecule has 1 aliphatic carbocycles. The van der Waals surface area contributed by atoms with Gasteiger partial charge in [-0.15, -0.1) is 0 Å². The highest BCUT2D eigenvalue weighted by molar-refractivity contribution is 9.10. The molecule has 6 nitrogen and oxygen atoms in total. The van der Waals surface area contributed by atoms with Gasteiger partial charge in [0, 0.05) is 33.8 Å². The van der Waals surface area contributed by atoms with E-state index in [1.54, 1.807) is 14.2 Å². The van der Waals surface area contributed by atoms with Crippen LogP contribution < -0.4 is 14.8 Å². The number of dihydropyridines is 1. The number of ketones is 1. The fraction of sp³-hybridized carbons (Fsp3) is 0.379. The van der Waals surface area contributed by atoms with E-state index in [4.69, 9.17) is 14.2 Å². The van der Waals surface area contributed by atoms with Crippen LogP contribution in [0.5, 0.6) is 11.5 Å². The standard InChI is InChI=1S/C29H32BrNO5/c1-6-16(2)36-29(33)26-17(3)31-22-12-19(18-10-8-7-9-11-18)13-23(32)28(22)27(26)20-14-24(34-4)25(35-5)15-21(20)30/h7-11,14-16,19,27,31H,6,12-13H2,1-5H3/t16-,19+,27+/m0/s1. The minimum Gasteiger partial charge on any atom is -0.493 e. The van der Waals surface area contributed by atoms with E-state index in [1.165, 1.54) is 0 Å². The number of Topliss-reactive ketones (excluding diaryl/α,β-unsaturated/α-hetero) is 1. The van der Waals surface area contributed by atoms with Gasteiger partial charge < -0.3 is 19.5 Å². The van der Waals surface area contributed by atoms with Gasteiger partial charge in [0.1, 0.15) is 0 Å². The number of hydrogen-bond acceptors (Lipinski definition) is 6. The minimum absolute atomic E-state index is 0.0191. The average Bonchev–Trinajstić information content (AvgIpc) is 2.87. The van der Waals surface area contributed by atoms with Crippen molar-refractivity contribution in [2.75, 3.05) is 14.2 Å². The lowest BCUT2D eigenvalue weighted by Gasteiger charge is -2.37. The van der Waals surface area contributed by atoms with Gasteiger partial charge in [0.15, 0.2) is 17.3 Å². The number of esters is 1. The molecule has 0 radical (unpaired) electrons. The van der Waals surface area contributed by atoms with Crippen molar-refractivity contribution in [1.29, 1.82) is 0 Å². The third-order valence-electron chi connectivity index (χ3n) is 7.02. The van der Waals surface area contributed by atoms with E-state index in [0.717, 1.165) is 21.3 Å². The molecule has 3 atom stereocenters. The Morgan fingerprint density at radius 1 is 1.11 bits per heavy atom. The van der Waals surface area contributed by atoms with Gasteiger partial charge in [0.25, 0.3) is 0 Å². The Bertz CT molecular complexity index is 1230. The van der Waals surface area contributed by atoms with Crippen molar-refractivity contribution in [2.24, 2.45) is 0 Å². The van der Waals surface area contributed by atoms with Gasteiger partial charge in [0.2, 0.25) is 0 Å². The van der Waals surface area contributed by atoms with E-state index in [0.29, 0.717) is 47.6 Å². The number of carbonyl (C=O) groups excluding carboxylic acids is 2. The van der Waals surface area contributed by atoms with Crippen LogP contribution in [0.25, 0.3) is 0 Å². The lowest BCUT2D eigenvalue weighted by atomic mass is 9.71. The Morgan fingerprint density at radius 3 is 2.42 bits per heavy atom. The predicted octanol–water partition coefficient (Wildman–Crippen LogP) is 6.17. The highest BCUT2D eigenvalue weighted by Gasteiger charge is 2.42. The van der Waals surface area contributed by atoms with Crippen molar-refractivity contribution in [3.8, 4) is 11.5 Å². The molecule has 0 unspecified atom stereocenters. The minimum atomic E-state index is -0.601. The molecule has 0 saturated carbocycles. The van der Waals surface area contributed by atoms with Crippen molar-refractivity contribution < 1.29 is 23.8 Å². The number of ether oxygens (including phenoxy) is 3. The maximum Gasteiger partial charge on any atom is 0.337 e. The molecule has 0 bridgehead atoms. The molecule has 2 aliphatic rings. The second-order valence-electron chi connectivity index (χ2n) is 9.28. The topological polar surface area (TPSA) is 73.9 Å². The zero-order chi connectivity index (χ0) is 26.0. The molecule has 190 valence electrons. The molecule has 7 heteroatoms. The highest BCUT2D eigenvalue weighted by atomic mass is 79.9. The summed E-state index contributed by atoms with van der Waals surface area (Å²) >= 11 is 3.67. The summed E-state index contributed by atoms with van der Waals surface area (Å²) in [6.07, 6.45) is 1.50. The van der Waals surface area contributed by atoms with Crippen LogP contribution in [0, 0.1) is 0 Å². The third kappa shape index (κ3) is 4.94. The Hall–Kier alpha value is -3.06. The molecule has 0 amide bonds. The number of halogens is 1. The van der Waals surface area contributed by atoms with Crippen molar-refractivity contribution in [3.05, 3.63) is 80.6 Å². The Morgan fingerprint density at radius 2 is 1.78 bits per heavy atom. The normalized spacial score (nSPS) is 20.4. The molecule has 36 heavy (non-hydrogen) atoms. The summed E-state index contributed by atoms with van der Waals surface area (Å²) in [6, 6.07) is 13.7. The number of hydrogen-bond donors (Lipinski definition) is 1. The molecule has 1 aliphatic heterocycles. The predicted molar refractivity (Wildman–Crippen MR) is 142 cm³/mol. The molecule has 0 fully saturated rings. The lowest BCUT2D eigenvalue weighted by Crippen LogP contribution is -2.36. The maximum absolute atomic E-state index is 13.8. The van der Waals surface area contributed by atoms with Crippen molar-refractivity contribution in [1.82, 2.24) is 5.32 Å². The molecule has 0 spiro atoms. The first-order valence-corrected chi connectivity index (χ1v) is 13.0. The summed E-state index contributed by atoms with van der Waals surface area (Å²) in [5.41, 5.74) is 4.47. The molecular weight excluding hydrogens is 522 g/mol. The summed E-state index contributed by atoms with van der Waals surface area (Å²) in [5, 5.41) is 3.41. The van der Waals surface area contributed by atoms with E-state index in [9.17, 15) is 9.59 Å². The largest absolute Gasteiger partial charge is 0.493 e. The Labute approximate surface area is 220 Å². The van der Waals surface area contributed by atoms with Gasteiger partial charge in [-0.3, -0.25) is 4.79 Å². The number of methoxy groups -OCH3 is 2. The second-order valence-corrected chi connectivity index (χ2v) is 10.1. The average molecular weight is 554 g/mol. The number of nitrogens with one attached hydrogen (secondary N) is 1. The molecule has 4 rings (SSSR count). The van der Waals surface area contributed by atoms with E-state index < -0.39 is 11.9 Å². The van der Waals surface area contributed by atoms with Gasteiger partial charge in [-0.05, 0) is 55.9 Å². The molecule has 0 saturated heterocycles. The van der Waals surface area contributed by atoms with Crippen molar-refractivity contribution >= 4 is 27.7 Å². The SMILES string of the molecule is CC[C@H](C)OC(=O)C1=C(C)NC2=C(C(=O)C[C@H](c3ccccc3)C2)[C@@H]1c1cc(OC)c(OC)cc1Br. The smallest absolute Gasteiger partial charge is 0.337 e. The van der Waals surface area contributed by atoms with Crippen LogP contribution in [0.3, 0.4) is 0 Å². The molecular formula is C29H32BrNO5. The van der Waals surface area contributed by atoms with Crippen LogP contribution in [0.2, 0.25) is 0 Å². The summed E-state index contributed by atoms with van der Waals surface area (Å²) in [6.45, 7) is 5.71. The zero-order valence-corrected chi connectivity index (χ0v) is 22.9. The third-order valence-corrected chi connectivity index (χ3v) is 7.70. The van der Waals surface area contributed by atoms with Gasteiger partial charge in [0.05, 0.1) is 25.9 Å². The van der Waals surface area contributed by atoms with Gasteiger partial charge >= 0.3 is 5.97 Å². The van der Waals surface area contributed by atoms with Crippen LogP contribution in [0.15, 0.2) is 69.5 Å². The number of carbonyl (C=O) groups is 2. The van der Waals surface area contributed by atoms with E-state index in [1.807, 2.05) is 51.1 Å². The molecule has 0 aromatic heterocycles. The number of allylic oxidation sites excluding steroid dienone is 3. The number of rotatable bonds is 7. The summed E-state index contributed by atoms with van der Waals surface area (Å²) in [7, 11) is 3.14. The van der Waals surface area contributed by atoms with Crippen LogP contribution >= 0.6 is 15.9 Å². The number of benzene rings is 2. The fourth-order valence-electron chi connectivity index (χ4n) is 5.00. The summed E-state index contributed by atoms with van der Waals surface area (Å²) in [4.78, 5) is 27.3. The van der Waals surface area contributed by atoms with E-state index in [-0.39, 0.29) is 17.8 Å². The highest BCUT2D eigenvalue weighted by Crippen LogP contribution is 2.49. The van der Waals surface area contributed by atoms with Gasteiger partial charge in [-0.1, -0.05) is 53.2 Å². The fourth-order valence-corrected chi connectivity index (χ4v) is 5.55. The first-order valence-electron chi connectivity index (χ1n) is 12.2. The Balaban J connectivity index is 1.87. The van der Waals surface area contributed by atoms with Gasteiger partial charge in [-0.2, -0.15) is 0 Å². The molecule has 2 aromatic rings. The van der Waals surface area contributed by atoms with Crippen LogP contribution in [0.1, 0.15) is 63.0 Å². The lowest BCUT2D eigenvalue weighted by molar-refractivity contribution is -0.144. The monoisotopic (exact) mass is 553 g/mol. The maximum atomic E-state index is 13.8. The molecule has 1 N–H and O–H groups in total. The van der Waals surface area contributed by atoms with Crippen molar-refractivity contribution in [2.45, 2.75) is 58.0 Å². The van der Waals surface area contributed by atoms with Crippen LogP contribution in [0.4, 0.5) is 0 Å². The van der Waals surface area contributed by atoms with Gasteiger partial charge in [-0.25, -0.2) is 4.79 Å². The second kappa shape index (κ2) is 10.9. The zero-order valence-electron chi connectivity index (χ0n) is 21.3. The van der Waals surface area contributed by atoms with Crippen LogP contribution in [-0.4, -0.2) is 32.1 Å². The Kier molecular flexibility index (Phi) is 7.88. The summed E-state index contributed by atoms with van der Waals surface area (Å²) < 4.78 is 17.5. The summed E-state index contributed by atoms with van der Waals surface area (Å²) in [5.74, 6) is 0.141. The van der Waals surface area contributed by atoms with E-state index in [2.05, 4.69) is 33.4 Å². The van der Waals surface area contributed by atoms with Crippen molar-refractivity contribution in [3.63, 3.8) is 0 Å². The molecule has 2 aromatic carbocycles. The quantitative estimate of drug-likeness (QED) is 0.413. The van der Waals surface area contributed by atoms with E-state index >= 15 is 0 Å². The molecule has 1 heterocycles. The first-order chi connectivity index (χ1) is 17.3.